The molecular formula is C11H12F3N3O. The average Bonchev–Trinajstić information content (AvgIpc) is 2.70. The van der Waals surface area contributed by atoms with Crippen LogP contribution < -0.4 is 5.73 Å². The summed E-state index contributed by atoms with van der Waals surface area (Å²) in [6, 6.07) is 1.74. The van der Waals surface area contributed by atoms with E-state index in [1.54, 1.807) is 6.07 Å². The summed E-state index contributed by atoms with van der Waals surface area (Å²) in [4.78, 5) is 3.85. The number of hydrogen-bond donors (Lipinski definition) is 1. The Morgan fingerprint density at radius 3 is 2.67 bits per heavy atom. The molecule has 1 fully saturated rings. The van der Waals surface area contributed by atoms with Crippen LogP contribution in [0.15, 0.2) is 4.42 Å². The fraction of sp³-hybridized carbons (Fsp3) is 0.636. The minimum Gasteiger partial charge on any atom is -0.424 e. The Bertz CT molecular complexity index is 475. The molecule has 0 aromatic carbocycles. The van der Waals surface area contributed by atoms with E-state index in [1.807, 2.05) is 0 Å². The Hall–Kier alpha value is -1.71. The molecule has 1 aliphatic rings. The number of nitrogen functional groups attached to an aromatic ring is 1. The number of aromatic nitrogens is 1. The highest BCUT2D eigenvalue weighted by Gasteiger charge is 2.43. The molecule has 0 aliphatic heterocycles. The van der Waals surface area contributed by atoms with E-state index in [0.717, 1.165) is 0 Å². The van der Waals surface area contributed by atoms with Gasteiger partial charge in [-0.2, -0.15) is 18.4 Å². The molecule has 1 heterocycles. The van der Waals surface area contributed by atoms with E-state index < -0.39 is 18.0 Å². The van der Waals surface area contributed by atoms with Gasteiger partial charge in [-0.1, -0.05) is 6.42 Å². The smallest absolute Gasteiger partial charge is 0.391 e. The van der Waals surface area contributed by atoms with E-state index in [-0.39, 0.29) is 30.3 Å². The van der Waals surface area contributed by atoms with Crippen LogP contribution in [-0.4, -0.2) is 11.2 Å². The number of nitriles is 1. The lowest BCUT2D eigenvalue weighted by atomic mass is 9.81. The molecule has 0 amide bonds. The number of halogens is 3. The van der Waals surface area contributed by atoms with Gasteiger partial charge >= 0.3 is 6.18 Å². The summed E-state index contributed by atoms with van der Waals surface area (Å²) < 4.78 is 43.0. The Kier molecular flexibility index (Phi) is 3.20. The molecule has 0 saturated heterocycles. The zero-order chi connectivity index (χ0) is 13.3. The second-order valence-electron chi connectivity index (χ2n) is 4.48. The first-order valence-corrected chi connectivity index (χ1v) is 5.65. The SMILES string of the molecule is N#Cc1nc(C2CCCC(C(F)(F)F)C2)oc1N. The Morgan fingerprint density at radius 2 is 2.11 bits per heavy atom. The molecule has 1 saturated carbocycles. The fourth-order valence-electron chi connectivity index (χ4n) is 2.32. The molecule has 2 atom stereocenters. The summed E-state index contributed by atoms with van der Waals surface area (Å²) in [5.74, 6) is -1.70. The number of alkyl halides is 3. The van der Waals surface area contributed by atoms with Gasteiger partial charge in [0, 0.05) is 5.92 Å². The molecule has 0 spiro atoms. The van der Waals surface area contributed by atoms with Gasteiger partial charge in [-0.05, 0) is 19.3 Å². The van der Waals surface area contributed by atoms with E-state index in [9.17, 15) is 13.2 Å². The Labute approximate surface area is 102 Å². The maximum Gasteiger partial charge on any atom is 0.391 e. The molecule has 1 aromatic heterocycles. The molecule has 1 aliphatic carbocycles. The molecule has 2 rings (SSSR count). The van der Waals surface area contributed by atoms with Crippen molar-refractivity contribution in [3.63, 3.8) is 0 Å². The first-order valence-electron chi connectivity index (χ1n) is 5.65. The lowest BCUT2D eigenvalue weighted by Crippen LogP contribution is -2.28. The number of nitrogens with two attached hydrogens (primary N) is 1. The summed E-state index contributed by atoms with van der Waals surface area (Å²) in [5, 5.41) is 8.68. The van der Waals surface area contributed by atoms with Crippen molar-refractivity contribution in [3.8, 4) is 6.07 Å². The third-order valence-corrected chi connectivity index (χ3v) is 3.26. The van der Waals surface area contributed by atoms with Gasteiger partial charge in [0.05, 0.1) is 5.92 Å². The van der Waals surface area contributed by atoms with E-state index in [2.05, 4.69) is 4.98 Å². The second kappa shape index (κ2) is 4.52. The van der Waals surface area contributed by atoms with Gasteiger partial charge in [0.1, 0.15) is 6.07 Å². The molecule has 98 valence electrons. The van der Waals surface area contributed by atoms with Crippen LogP contribution >= 0.6 is 0 Å². The first-order chi connectivity index (χ1) is 8.41. The molecule has 2 unspecified atom stereocenters. The van der Waals surface area contributed by atoms with Crippen molar-refractivity contribution in [1.82, 2.24) is 4.98 Å². The zero-order valence-corrected chi connectivity index (χ0v) is 9.50. The summed E-state index contributed by atoms with van der Waals surface area (Å²) >= 11 is 0. The van der Waals surface area contributed by atoms with Crippen molar-refractivity contribution in [2.24, 2.45) is 5.92 Å². The third-order valence-electron chi connectivity index (χ3n) is 3.26. The molecule has 0 radical (unpaired) electrons. The van der Waals surface area contributed by atoms with Crippen molar-refractivity contribution < 1.29 is 17.6 Å². The summed E-state index contributed by atoms with van der Waals surface area (Å²) in [6.45, 7) is 0. The Morgan fingerprint density at radius 1 is 1.39 bits per heavy atom. The topological polar surface area (TPSA) is 75.8 Å². The van der Waals surface area contributed by atoms with Gasteiger partial charge in [-0.15, -0.1) is 0 Å². The normalized spacial score (nSPS) is 24.8. The molecule has 18 heavy (non-hydrogen) atoms. The highest BCUT2D eigenvalue weighted by Crippen LogP contribution is 2.43. The summed E-state index contributed by atoms with van der Waals surface area (Å²) in [5.41, 5.74) is 5.35. The van der Waals surface area contributed by atoms with E-state index in [4.69, 9.17) is 15.4 Å². The minimum atomic E-state index is -4.19. The minimum absolute atomic E-state index is 0.0473. The predicted octanol–water partition coefficient (Wildman–Crippen LogP) is 2.96. The monoisotopic (exact) mass is 259 g/mol. The van der Waals surface area contributed by atoms with Crippen LogP contribution in [0.5, 0.6) is 0 Å². The number of nitrogens with zero attached hydrogens (tertiary/aromatic N) is 2. The van der Waals surface area contributed by atoms with Gasteiger partial charge in [0.25, 0.3) is 0 Å². The van der Waals surface area contributed by atoms with Gasteiger partial charge in [0.15, 0.2) is 0 Å². The van der Waals surface area contributed by atoms with E-state index >= 15 is 0 Å². The number of anilines is 1. The zero-order valence-electron chi connectivity index (χ0n) is 9.50. The summed E-state index contributed by atoms with van der Waals surface area (Å²) in [6.07, 6.45) is -3.04. The van der Waals surface area contributed by atoms with E-state index in [0.29, 0.717) is 12.8 Å². The summed E-state index contributed by atoms with van der Waals surface area (Å²) in [7, 11) is 0. The van der Waals surface area contributed by atoms with Gasteiger partial charge < -0.3 is 10.2 Å². The van der Waals surface area contributed by atoms with Crippen LogP contribution in [0.1, 0.15) is 43.2 Å². The molecule has 0 bridgehead atoms. The van der Waals surface area contributed by atoms with Crippen LogP contribution in [0.25, 0.3) is 0 Å². The van der Waals surface area contributed by atoms with Crippen molar-refractivity contribution in [2.45, 2.75) is 37.8 Å². The van der Waals surface area contributed by atoms with Crippen LogP contribution in [0.3, 0.4) is 0 Å². The van der Waals surface area contributed by atoms with Gasteiger partial charge in [0.2, 0.25) is 17.5 Å². The molecule has 1 aromatic rings. The number of hydrogen-bond acceptors (Lipinski definition) is 4. The number of rotatable bonds is 1. The van der Waals surface area contributed by atoms with Crippen molar-refractivity contribution >= 4 is 5.88 Å². The van der Waals surface area contributed by atoms with Crippen LogP contribution in [0, 0.1) is 17.2 Å². The van der Waals surface area contributed by atoms with Gasteiger partial charge in [-0.25, -0.2) is 4.98 Å². The first kappa shape index (κ1) is 12.7. The second-order valence-corrected chi connectivity index (χ2v) is 4.48. The maximum absolute atomic E-state index is 12.7. The highest BCUT2D eigenvalue weighted by molar-refractivity contribution is 5.40. The predicted molar refractivity (Wildman–Crippen MR) is 56.4 cm³/mol. The molecular weight excluding hydrogens is 247 g/mol. The quantitative estimate of drug-likeness (QED) is 0.841. The third kappa shape index (κ3) is 2.42. The van der Waals surface area contributed by atoms with Crippen molar-refractivity contribution in [1.29, 1.82) is 5.26 Å². The largest absolute Gasteiger partial charge is 0.424 e. The lowest BCUT2D eigenvalue weighted by Gasteiger charge is -2.28. The molecule has 7 heteroatoms. The van der Waals surface area contributed by atoms with Crippen LogP contribution in [0.2, 0.25) is 0 Å². The molecule has 4 nitrogen and oxygen atoms in total. The van der Waals surface area contributed by atoms with Crippen molar-refractivity contribution in [3.05, 3.63) is 11.6 Å². The Balaban J connectivity index is 2.16. The standard InChI is InChI=1S/C11H12F3N3O/c12-11(13,14)7-3-1-2-6(4-7)10-17-8(5-15)9(16)18-10/h6-7H,1-4,16H2. The van der Waals surface area contributed by atoms with Crippen LogP contribution in [-0.2, 0) is 0 Å². The highest BCUT2D eigenvalue weighted by atomic mass is 19.4. The fourth-order valence-corrected chi connectivity index (χ4v) is 2.32. The van der Waals surface area contributed by atoms with Gasteiger partial charge in [-0.3, -0.25) is 0 Å². The van der Waals surface area contributed by atoms with Crippen molar-refractivity contribution in [2.75, 3.05) is 5.73 Å². The number of oxazole rings is 1. The maximum atomic E-state index is 12.7. The average molecular weight is 259 g/mol. The lowest BCUT2D eigenvalue weighted by molar-refractivity contribution is -0.183. The van der Waals surface area contributed by atoms with E-state index in [1.165, 1.54) is 0 Å². The van der Waals surface area contributed by atoms with Crippen LogP contribution in [0.4, 0.5) is 19.1 Å². The molecule has 2 N–H and O–H groups in total.